The number of hydrogen-bond acceptors (Lipinski definition) is 14. The summed E-state index contributed by atoms with van der Waals surface area (Å²) < 4.78 is 52.8. The molecule has 2 heterocycles. The van der Waals surface area contributed by atoms with Gasteiger partial charge in [-0.25, -0.2) is 8.42 Å². The van der Waals surface area contributed by atoms with Crippen LogP contribution in [0.25, 0.3) is 0 Å². The maximum absolute atomic E-state index is 11.5. The predicted molar refractivity (Wildman–Crippen MR) is 85.0 cm³/mol. The van der Waals surface area contributed by atoms with E-state index < -0.39 is 83.8 Å². The van der Waals surface area contributed by atoms with Crippen LogP contribution in [0.3, 0.4) is 0 Å². The van der Waals surface area contributed by atoms with E-state index in [2.05, 4.69) is 9.50 Å². The molecule has 2 aliphatic heterocycles. The van der Waals surface area contributed by atoms with Crippen LogP contribution in [0.2, 0.25) is 0 Å². The minimum atomic E-state index is -5.44. The van der Waals surface area contributed by atoms with E-state index in [4.69, 9.17) is 14.2 Å². The third kappa shape index (κ3) is 8.40. The van der Waals surface area contributed by atoms with Gasteiger partial charge in [-0.1, -0.05) is 0 Å². The number of rotatable bonds is 7. The predicted octanol–water partition coefficient (Wildman–Crippen LogP) is -11.8. The average Bonchev–Trinajstić information content (AvgIpc) is 2.61. The molecule has 1 saturated heterocycles. The topological polar surface area (TPSA) is 244 Å². The van der Waals surface area contributed by atoms with E-state index in [1.54, 1.807) is 0 Å². The van der Waals surface area contributed by atoms with Crippen LogP contribution >= 0.6 is 0 Å². The molecular weight excluding hydrogens is 484 g/mol. The second-order valence-electron chi connectivity index (χ2n) is 6.33. The van der Waals surface area contributed by atoms with E-state index in [-0.39, 0.29) is 59.1 Å². The molecule has 0 aliphatic carbocycles. The SMILES string of the molecule is CC(=O)N[C@H]1C(O)O[C@H](CO)[C@H](OS(=O)(=O)[O-])[C@@H]1OC1OC(C(=O)[O-])=C[C@H](O)[C@H]1O.[Na+].[Na+]. The molecule has 2 rings (SSSR count). The smallest absolute Gasteiger partial charge is 0.726 e. The third-order valence-corrected chi connectivity index (χ3v) is 4.59. The van der Waals surface area contributed by atoms with E-state index in [1.165, 1.54) is 0 Å². The molecule has 0 saturated carbocycles. The maximum atomic E-state index is 11.5. The first kappa shape index (κ1) is 32.1. The summed E-state index contributed by atoms with van der Waals surface area (Å²) in [5.74, 6) is -3.60. The first-order valence-corrected chi connectivity index (χ1v) is 9.64. The minimum Gasteiger partial charge on any atom is -0.726 e. The molecule has 8 atom stereocenters. The molecule has 1 amide bonds. The van der Waals surface area contributed by atoms with E-state index in [0.29, 0.717) is 6.08 Å². The summed E-state index contributed by atoms with van der Waals surface area (Å²) in [6.45, 7) is 0.0273. The number of aliphatic hydroxyl groups is 4. The van der Waals surface area contributed by atoms with Crippen molar-refractivity contribution in [1.29, 1.82) is 0 Å². The Balaban J connectivity index is 0.00000480. The van der Waals surface area contributed by atoms with Crippen LogP contribution in [0, 0.1) is 0 Å². The van der Waals surface area contributed by atoms with Gasteiger partial charge in [-0.2, -0.15) is 0 Å². The number of carboxylic acid groups (broad SMARTS) is 1. The number of carboxylic acids is 1. The largest absolute Gasteiger partial charge is 1.00 e. The molecule has 32 heavy (non-hydrogen) atoms. The standard InChI is InChI=1S/C14H21NO14S.2Na/c1-4(17)15-8-11(10(29-30(23,24)25)7(3-16)26-13(8)22)28-14-9(19)5(18)2-6(27-14)12(20)21;;/h2,5,7-11,13-14,16,18-19,22H,3H2,1H3,(H,15,17)(H,20,21)(H,23,24,25);;/q;2*+1/p-2/t5-,7+,8+,9+,10-,11+,13?,14?;;/m0../s1. The Hall–Kier alpha value is 0.110. The Labute approximate surface area is 226 Å². The number of ether oxygens (including phenoxy) is 3. The van der Waals surface area contributed by atoms with Gasteiger partial charge in [0.05, 0.1) is 6.61 Å². The normalized spacial score (nSPS) is 34.8. The summed E-state index contributed by atoms with van der Waals surface area (Å²) in [4.78, 5) is 22.5. The van der Waals surface area contributed by atoms with E-state index in [1.807, 2.05) is 0 Å². The molecule has 2 unspecified atom stereocenters. The third-order valence-electron chi connectivity index (χ3n) is 4.13. The van der Waals surface area contributed by atoms with Gasteiger partial charge in [0.2, 0.25) is 22.6 Å². The van der Waals surface area contributed by atoms with Gasteiger partial charge in [-0.05, 0) is 6.08 Å². The quantitative estimate of drug-likeness (QED) is 0.123. The van der Waals surface area contributed by atoms with Gasteiger partial charge >= 0.3 is 59.1 Å². The first-order chi connectivity index (χ1) is 13.8. The zero-order valence-corrected chi connectivity index (χ0v) is 22.0. The van der Waals surface area contributed by atoms with Crippen molar-refractivity contribution < 1.29 is 126 Å². The molecular formula is C14H19NNa2O14S. The number of amides is 1. The number of hydrogen-bond donors (Lipinski definition) is 5. The van der Waals surface area contributed by atoms with E-state index in [0.717, 1.165) is 6.92 Å². The second-order valence-corrected chi connectivity index (χ2v) is 7.34. The van der Waals surface area contributed by atoms with Crippen molar-refractivity contribution in [1.82, 2.24) is 5.32 Å². The van der Waals surface area contributed by atoms with Crippen LogP contribution in [0.4, 0.5) is 0 Å². The molecule has 0 spiro atoms. The molecule has 1 fully saturated rings. The van der Waals surface area contributed by atoms with Crippen molar-refractivity contribution >= 4 is 22.3 Å². The first-order valence-electron chi connectivity index (χ1n) is 8.31. The van der Waals surface area contributed by atoms with E-state index in [9.17, 15) is 48.1 Å². The van der Waals surface area contributed by atoms with Crippen molar-refractivity contribution in [2.75, 3.05) is 6.61 Å². The number of aliphatic hydroxyl groups excluding tert-OH is 4. The number of nitrogens with one attached hydrogen (secondary N) is 1. The molecule has 0 aromatic carbocycles. The zero-order valence-electron chi connectivity index (χ0n) is 17.2. The van der Waals surface area contributed by atoms with Crippen LogP contribution in [0.5, 0.6) is 0 Å². The molecule has 172 valence electrons. The Morgan fingerprint density at radius 2 is 1.81 bits per heavy atom. The summed E-state index contributed by atoms with van der Waals surface area (Å²) >= 11 is 0. The summed E-state index contributed by atoms with van der Waals surface area (Å²) in [7, 11) is -5.44. The molecule has 0 aromatic heterocycles. The number of carbonyl (C=O) groups is 2. The summed E-state index contributed by atoms with van der Waals surface area (Å²) in [6.07, 6.45) is -12.6. The van der Waals surface area contributed by atoms with Gasteiger partial charge in [0, 0.05) is 6.92 Å². The molecule has 0 bridgehead atoms. The number of aliphatic carboxylic acids is 1. The fourth-order valence-electron chi connectivity index (χ4n) is 2.90. The molecule has 0 radical (unpaired) electrons. The van der Waals surface area contributed by atoms with Crippen LogP contribution in [0.15, 0.2) is 11.8 Å². The molecule has 0 aromatic rings. The van der Waals surface area contributed by atoms with Crippen LogP contribution in [-0.4, -0.2) is 101 Å². The summed E-state index contributed by atoms with van der Waals surface area (Å²) in [6, 6.07) is -1.64. The van der Waals surface area contributed by atoms with Crippen molar-refractivity contribution in [3.8, 4) is 0 Å². The fraction of sp³-hybridized carbons (Fsp3) is 0.714. The van der Waals surface area contributed by atoms with Crippen molar-refractivity contribution in [2.45, 2.75) is 56.1 Å². The van der Waals surface area contributed by atoms with Crippen molar-refractivity contribution in [3.63, 3.8) is 0 Å². The number of carbonyl (C=O) groups excluding carboxylic acids is 2. The summed E-state index contributed by atoms with van der Waals surface area (Å²) in [5, 5.41) is 52.5. The minimum absolute atomic E-state index is 0. The van der Waals surface area contributed by atoms with E-state index >= 15 is 0 Å². The fourth-order valence-corrected chi connectivity index (χ4v) is 3.40. The average molecular weight is 503 g/mol. The Morgan fingerprint density at radius 1 is 1.22 bits per heavy atom. The van der Waals surface area contributed by atoms with Gasteiger partial charge in [0.15, 0.2) is 6.29 Å². The Bertz CT molecular complexity index is 794. The van der Waals surface area contributed by atoms with Gasteiger partial charge in [-0.15, -0.1) is 0 Å². The second kappa shape index (κ2) is 13.3. The molecule has 18 heteroatoms. The van der Waals surface area contributed by atoms with Crippen LogP contribution < -0.4 is 69.5 Å². The summed E-state index contributed by atoms with van der Waals surface area (Å²) in [5.41, 5.74) is 0. The van der Waals surface area contributed by atoms with Gasteiger partial charge in [0.1, 0.15) is 48.3 Å². The van der Waals surface area contributed by atoms with Crippen LogP contribution in [-0.2, 0) is 38.4 Å². The van der Waals surface area contributed by atoms with Gasteiger partial charge in [0.25, 0.3) is 0 Å². The van der Waals surface area contributed by atoms with Gasteiger partial charge in [-0.3, -0.25) is 8.98 Å². The molecule has 15 nitrogen and oxygen atoms in total. The van der Waals surface area contributed by atoms with Crippen molar-refractivity contribution in [2.24, 2.45) is 0 Å². The Morgan fingerprint density at radius 3 is 2.28 bits per heavy atom. The van der Waals surface area contributed by atoms with Crippen molar-refractivity contribution in [3.05, 3.63) is 11.8 Å². The Kier molecular flexibility index (Phi) is 13.3. The molecule has 5 N–H and O–H groups in total. The molecule has 2 aliphatic rings. The van der Waals surface area contributed by atoms with Crippen LogP contribution in [0.1, 0.15) is 6.92 Å². The van der Waals surface area contributed by atoms with Gasteiger partial charge < -0.3 is 54.4 Å². The monoisotopic (exact) mass is 503 g/mol. The maximum Gasteiger partial charge on any atom is 1.00 e. The zero-order chi connectivity index (χ0) is 22.8.